The summed E-state index contributed by atoms with van der Waals surface area (Å²) in [5.41, 5.74) is 2.58. The maximum Gasteiger partial charge on any atom is 0.343 e. The molecule has 0 saturated carbocycles. The van der Waals surface area contributed by atoms with Crippen LogP contribution in [-0.2, 0) is 0 Å². The van der Waals surface area contributed by atoms with Crippen molar-refractivity contribution in [3.63, 3.8) is 0 Å². The van der Waals surface area contributed by atoms with Crippen molar-refractivity contribution < 1.29 is 9.53 Å². The van der Waals surface area contributed by atoms with Gasteiger partial charge in [-0.2, -0.15) is 5.26 Å². The summed E-state index contributed by atoms with van der Waals surface area (Å²) in [6, 6.07) is 22.5. The van der Waals surface area contributed by atoms with E-state index in [9.17, 15) is 4.79 Å². The zero-order valence-corrected chi connectivity index (χ0v) is 14.4. The second-order valence-corrected chi connectivity index (χ2v) is 5.82. The number of nitriles is 1. The van der Waals surface area contributed by atoms with Crippen LogP contribution in [-0.4, -0.2) is 12.2 Å². The summed E-state index contributed by atoms with van der Waals surface area (Å²) in [6.45, 7) is 0. The van der Waals surface area contributed by atoms with Gasteiger partial charge in [-0.1, -0.05) is 23.7 Å². The summed E-state index contributed by atoms with van der Waals surface area (Å²) in [5, 5.41) is 9.43. The van der Waals surface area contributed by atoms with Gasteiger partial charge in [-0.05, 0) is 66.2 Å². The number of carbonyl (C=O) groups excluding carboxylic acids is 1. The standard InChI is InChI=1S/C21H13ClN2O2/c22-18-7-9-19(10-8-18)24-14-16-1-5-17(6-2-16)21(25)26-20-11-3-15(13-23)4-12-20/h1-12,14H. The number of halogens is 1. The smallest absolute Gasteiger partial charge is 0.343 e. The molecule has 0 aliphatic rings. The third-order valence-electron chi connectivity index (χ3n) is 3.53. The fourth-order valence-corrected chi connectivity index (χ4v) is 2.27. The zero-order valence-electron chi connectivity index (χ0n) is 13.6. The van der Waals surface area contributed by atoms with Crippen LogP contribution in [0.3, 0.4) is 0 Å². The average Bonchev–Trinajstić information content (AvgIpc) is 2.68. The molecule has 3 aromatic rings. The van der Waals surface area contributed by atoms with E-state index in [0.717, 1.165) is 11.3 Å². The van der Waals surface area contributed by atoms with Gasteiger partial charge in [-0.3, -0.25) is 4.99 Å². The molecule has 0 N–H and O–H groups in total. The maximum atomic E-state index is 12.2. The lowest BCUT2D eigenvalue weighted by Crippen LogP contribution is -2.08. The van der Waals surface area contributed by atoms with Gasteiger partial charge in [0, 0.05) is 11.2 Å². The quantitative estimate of drug-likeness (QED) is 0.366. The first-order valence-electron chi connectivity index (χ1n) is 7.76. The number of rotatable bonds is 4. The Bertz CT molecular complexity index is 971. The predicted molar refractivity (Wildman–Crippen MR) is 101 cm³/mol. The average molecular weight is 361 g/mol. The second kappa shape index (κ2) is 8.11. The van der Waals surface area contributed by atoms with Crippen LogP contribution in [0.25, 0.3) is 0 Å². The Labute approximate surface area is 156 Å². The van der Waals surface area contributed by atoms with E-state index in [1.165, 1.54) is 0 Å². The van der Waals surface area contributed by atoms with E-state index in [1.807, 2.05) is 18.2 Å². The van der Waals surface area contributed by atoms with Gasteiger partial charge in [-0.15, -0.1) is 0 Å². The van der Waals surface area contributed by atoms with E-state index >= 15 is 0 Å². The molecule has 3 rings (SSSR count). The summed E-state index contributed by atoms with van der Waals surface area (Å²) < 4.78 is 5.29. The Morgan fingerprint density at radius 3 is 2.23 bits per heavy atom. The number of hydrogen-bond donors (Lipinski definition) is 0. The van der Waals surface area contributed by atoms with E-state index in [2.05, 4.69) is 4.99 Å². The van der Waals surface area contributed by atoms with E-state index < -0.39 is 5.97 Å². The van der Waals surface area contributed by atoms with Gasteiger partial charge in [-0.25, -0.2) is 4.79 Å². The van der Waals surface area contributed by atoms with Crippen molar-refractivity contribution >= 4 is 29.5 Å². The van der Waals surface area contributed by atoms with E-state index in [4.69, 9.17) is 21.6 Å². The molecule has 0 heterocycles. The Kier molecular flexibility index (Phi) is 5.43. The molecule has 0 saturated heterocycles. The number of hydrogen-bond acceptors (Lipinski definition) is 4. The number of ether oxygens (including phenoxy) is 1. The molecule has 0 unspecified atom stereocenters. The molecule has 0 aliphatic heterocycles. The molecule has 0 bridgehead atoms. The van der Waals surface area contributed by atoms with Crippen LogP contribution in [0.4, 0.5) is 5.69 Å². The van der Waals surface area contributed by atoms with Gasteiger partial charge in [0.1, 0.15) is 5.75 Å². The molecule has 0 radical (unpaired) electrons. The van der Waals surface area contributed by atoms with Crippen molar-refractivity contribution in [3.05, 3.63) is 94.5 Å². The minimum atomic E-state index is -0.462. The summed E-state index contributed by atoms with van der Waals surface area (Å²) in [5.74, 6) is -0.0710. The highest BCUT2D eigenvalue weighted by Gasteiger charge is 2.08. The van der Waals surface area contributed by atoms with E-state index in [1.54, 1.807) is 66.9 Å². The first kappa shape index (κ1) is 17.4. The molecule has 0 aliphatic carbocycles. The monoisotopic (exact) mass is 360 g/mol. The largest absolute Gasteiger partial charge is 0.423 e. The summed E-state index contributed by atoms with van der Waals surface area (Å²) in [4.78, 5) is 16.5. The maximum absolute atomic E-state index is 12.2. The Balaban J connectivity index is 1.65. The van der Waals surface area contributed by atoms with Gasteiger partial charge in [0.25, 0.3) is 0 Å². The number of benzene rings is 3. The summed E-state index contributed by atoms with van der Waals surface area (Å²) in [6.07, 6.45) is 1.71. The van der Waals surface area contributed by atoms with Crippen molar-refractivity contribution in [2.75, 3.05) is 0 Å². The predicted octanol–water partition coefficient (Wildman–Crippen LogP) is 5.18. The van der Waals surface area contributed by atoms with Crippen LogP contribution < -0.4 is 4.74 Å². The highest BCUT2D eigenvalue weighted by Crippen LogP contribution is 2.17. The number of aliphatic imine (C=N–C) groups is 1. The van der Waals surface area contributed by atoms with Gasteiger partial charge >= 0.3 is 5.97 Å². The van der Waals surface area contributed by atoms with Crippen LogP contribution in [0, 0.1) is 11.3 Å². The molecular weight excluding hydrogens is 348 g/mol. The molecule has 26 heavy (non-hydrogen) atoms. The van der Waals surface area contributed by atoms with E-state index in [-0.39, 0.29) is 0 Å². The topological polar surface area (TPSA) is 62.4 Å². The van der Waals surface area contributed by atoms with Crippen LogP contribution in [0.1, 0.15) is 21.5 Å². The number of nitrogens with zero attached hydrogens (tertiary/aromatic N) is 2. The van der Waals surface area contributed by atoms with Crippen molar-refractivity contribution in [2.24, 2.45) is 4.99 Å². The molecule has 0 amide bonds. The molecule has 0 fully saturated rings. The Hall–Kier alpha value is -3.42. The molecule has 0 aromatic heterocycles. The summed E-state index contributed by atoms with van der Waals surface area (Å²) in [7, 11) is 0. The fraction of sp³-hybridized carbons (Fsp3) is 0. The van der Waals surface area contributed by atoms with Crippen molar-refractivity contribution in [1.29, 1.82) is 5.26 Å². The zero-order chi connectivity index (χ0) is 18.4. The van der Waals surface area contributed by atoms with Crippen LogP contribution in [0.15, 0.2) is 77.8 Å². The molecule has 0 spiro atoms. The van der Waals surface area contributed by atoms with Gasteiger partial charge < -0.3 is 4.74 Å². The molecule has 0 atom stereocenters. The molecule has 4 nitrogen and oxygen atoms in total. The third kappa shape index (κ3) is 4.56. The third-order valence-corrected chi connectivity index (χ3v) is 3.78. The minimum absolute atomic E-state index is 0.391. The van der Waals surface area contributed by atoms with Crippen molar-refractivity contribution in [3.8, 4) is 11.8 Å². The lowest BCUT2D eigenvalue weighted by Gasteiger charge is -2.04. The SMILES string of the molecule is N#Cc1ccc(OC(=O)c2ccc(C=Nc3ccc(Cl)cc3)cc2)cc1. The molecule has 3 aromatic carbocycles. The Morgan fingerprint density at radius 1 is 0.962 bits per heavy atom. The molecular formula is C21H13ClN2O2. The van der Waals surface area contributed by atoms with Gasteiger partial charge in [0.2, 0.25) is 0 Å². The van der Waals surface area contributed by atoms with Crippen LogP contribution >= 0.6 is 11.6 Å². The second-order valence-electron chi connectivity index (χ2n) is 5.38. The highest BCUT2D eigenvalue weighted by molar-refractivity contribution is 6.30. The van der Waals surface area contributed by atoms with Gasteiger partial charge in [0.05, 0.1) is 22.9 Å². The minimum Gasteiger partial charge on any atom is -0.423 e. The summed E-state index contributed by atoms with van der Waals surface area (Å²) >= 11 is 5.84. The highest BCUT2D eigenvalue weighted by atomic mass is 35.5. The van der Waals surface area contributed by atoms with E-state index in [0.29, 0.717) is 21.9 Å². The lowest BCUT2D eigenvalue weighted by atomic mass is 10.1. The van der Waals surface area contributed by atoms with Gasteiger partial charge in [0.15, 0.2) is 0 Å². The van der Waals surface area contributed by atoms with Crippen molar-refractivity contribution in [2.45, 2.75) is 0 Å². The number of carbonyl (C=O) groups is 1. The molecule has 126 valence electrons. The fourth-order valence-electron chi connectivity index (χ4n) is 2.14. The molecule has 5 heteroatoms. The normalized spacial score (nSPS) is 10.5. The first-order chi connectivity index (χ1) is 12.6. The first-order valence-corrected chi connectivity index (χ1v) is 8.14. The Morgan fingerprint density at radius 2 is 1.62 bits per heavy atom. The van der Waals surface area contributed by atoms with Crippen LogP contribution in [0.2, 0.25) is 5.02 Å². The lowest BCUT2D eigenvalue weighted by molar-refractivity contribution is 0.0735. The number of esters is 1. The van der Waals surface area contributed by atoms with Crippen molar-refractivity contribution in [1.82, 2.24) is 0 Å². The van der Waals surface area contributed by atoms with Crippen LogP contribution in [0.5, 0.6) is 5.75 Å².